The molecule has 3 heteroatoms. The number of nitrogens with one attached hydrogen (secondary N) is 2. The standard InChI is InChI=1S/C9H18N2O/c1-3-5-9(12)11-8-7-10-6-4-2/h3,5,10H,4,6-8H2,1-2H3,(H,11,12). The van der Waals surface area contributed by atoms with E-state index in [-0.39, 0.29) is 5.91 Å². The molecular weight excluding hydrogens is 152 g/mol. The van der Waals surface area contributed by atoms with Gasteiger partial charge in [-0.3, -0.25) is 4.79 Å². The summed E-state index contributed by atoms with van der Waals surface area (Å²) in [4.78, 5) is 10.9. The number of rotatable bonds is 6. The predicted octanol–water partition coefficient (Wildman–Crippen LogP) is 0.678. The molecule has 0 aliphatic carbocycles. The third kappa shape index (κ3) is 7.28. The third-order valence-corrected chi connectivity index (χ3v) is 1.35. The Morgan fingerprint density at radius 3 is 2.67 bits per heavy atom. The Hall–Kier alpha value is -0.830. The van der Waals surface area contributed by atoms with Gasteiger partial charge in [0, 0.05) is 13.1 Å². The van der Waals surface area contributed by atoms with E-state index in [0.29, 0.717) is 6.54 Å². The van der Waals surface area contributed by atoms with E-state index >= 15 is 0 Å². The average molecular weight is 170 g/mol. The molecule has 12 heavy (non-hydrogen) atoms. The largest absolute Gasteiger partial charge is 0.351 e. The molecule has 0 atom stereocenters. The van der Waals surface area contributed by atoms with Crippen molar-refractivity contribution in [1.29, 1.82) is 0 Å². The van der Waals surface area contributed by atoms with Gasteiger partial charge in [0.1, 0.15) is 0 Å². The van der Waals surface area contributed by atoms with Gasteiger partial charge in [-0.05, 0) is 26.0 Å². The zero-order valence-electron chi connectivity index (χ0n) is 7.89. The van der Waals surface area contributed by atoms with Gasteiger partial charge in [-0.25, -0.2) is 0 Å². The van der Waals surface area contributed by atoms with Gasteiger partial charge in [-0.2, -0.15) is 0 Å². The molecule has 0 saturated heterocycles. The first kappa shape index (κ1) is 11.2. The molecule has 0 aromatic heterocycles. The van der Waals surface area contributed by atoms with Crippen molar-refractivity contribution in [2.24, 2.45) is 0 Å². The van der Waals surface area contributed by atoms with Crippen molar-refractivity contribution < 1.29 is 4.79 Å². The van der Waals surface area contributed by atoms with Crippen molar-refractivity contribution in [3.63, 3.8) is 0 Å². The second-order valence-corrected chi connectivity index (χ2v) is 2.54. The summed E-state index contributed by atoms with van der Waals surface area (Å²) >= 11 is 0. The highest BCUT2D eigenvalue weighted by molar-refractivity contribution is 5.87. The molecular formula is C9H18N2O. The van der Waals surface area contributed by atoms with Crippen LogP contribution in [0.2, 0.25) is 0 Å². The first-order valence-corrected chi connectivity index (χ1v) is 4.42. The Morgan fingerprint density at radius 1 is 1.33 bits per heavy atom. The minimum Gasteiger partial charge on any atom is -0.351 e. The van der Waals surface area contributed by atoms with Crippen LogP contribution in [0.1, 0.15) is 20.3 Å². The van der Waals surface area contributed by atoms with Crippen molar-refractivity contribution >= 4 is 5.91 Å². The molecule has 0 aliphatic heterocycles. The molecule has 0 bridgehead atoms. The van der Waals surface area contributed by atoms with Crippen LogP contribution in [0.15, 0.2) is 12.2 Å². The molecule has 70 valence electrons. The molecule has 0 heterocycles. The van der Waals surface area contributed by atoms with Crippen LogP contribution >= 0.6 is 0 Å². The van der Waals surface area contributed by atoms with E-state index in [2.05, 4.69) is 17.6 Å². The molecule has 0 unspecified atom stereocenters. The first-order chi connectivity index (χ1) is 5.81. The summed E-state index contributed by atoms with van der Waals surface area (Å²) in [5, 5.41) is 5.95. The maximum atomic E-state index is 10.9. The smallest absolute Gasteiger partial charge is 0.243 e. The molecule has 0 aliphatic rings. The fraction of sp³-hybridized carbons (Fsp3) is 0.667. The average Bonchev–Trinajstić information content (AvgIpc) is 2.05. The fourth-order valence-electron chi connectivity index (χ4n) is 0.786. The van der Waals surface area contributed by atoms with Crippen LogP contribution < -0.4 is 10.6 Å². The molecule has 3 nitrogen and oxygen atoms in total. The van der Waals surface area contributed by atoms with Gasteiger partial charge in [0.05, 0.1) is 0 Å². The van der Waals surface area contributed by atoms with Crippen LogP contribution in [0.3, 0.4) is 0 Å². The monoisotopic (exact) mass is 170 g/mol. The summed E-state index contributed by atoms with van der Waals surface area (Å²) in [7, 11) is 0. The minimum absolute atomic E-state index is 0.0178. The number of amides is 1. The van der Waals surface area contributed by atoms with Crippen LogP contribution in [-0.2, 0) is 4.79 Å². The number of hydrogen-bond acceptors (Lipinski definition) is 2. The topological polar surface area (TPSA) is 41.1 Å². The van der Waals surface area contributed by atoms with E-state index in [1.165, 1.54) is 6.08 Å². The molecule has 0 fully saturated rings. The lowest BCUT2D eigenvalue weighted by Crippen LogP contribution is -2.30. The van der Waals surface area contributed by atoms with Crippen molar-refractivity contribution in [2.75, 3.05) is 19.6 Å². The highest BCUT2D eigenvalue weighted by Crippen LogP contribution is 1.71. The second kappa shape index (κ2) is 8.27. The van der Waals surface area contributed by atoms with Crippen LogP contribution in [0.25, 0.3) is 0 Å². The van der Waals surface area contributed by atoms with Crippen molar-refractivity contribution in [2.45, 2.75) is 20.3 Å². The Bertz CT molecular complexity index is 143. The van der Waals surface area contributed by atoms with Gasteiger partial charge < -0.3 is 10.6 Å². The summed E-state index contributed by atoms with van der Waals surface area (Å²) < 4.78 is 0. The molecule has 0 radical (unpaired) electrons. The van der Waals surface area contributed by atoms with Gasteiger partial charge in [0.2, 0.25) is 5.91 Å². The predicted molar refractivity (Wildman–Crippen MR) is 51.0 cm³/mol. The van der Waals surface area contributed by atoms with Crippen LogP contribution in [0.4, 0.5) is 0 Å². The molecule has 0 aromatic rings. The van der Waals surface area contributed by atoms with E-state index in [1.807, 2.05) is 6.92 Å². The van der Waals surface area contributed by atoms with Crippen LogP contribution in [0.5, 0.6) is 0 Å². The number of hydrogen-bond donors (Lipinski definition) is 2. The summed E-state index contributed by atoms with van der Waals surface area (Å²) in [6.07, 6.45) is 4.39. The Morgan fingerprint density at radius 2 is 2.08 bits per heavy atom. The Labute approximate surface area is 74.2 Å². The van der Waals surface area contributed by atoms with Crippen molar-refractivity contribution in [3.8, 4) is 0 Å². The Kier molecular flexibility index (Phi) is 7.70. The first-order valence-electron chi connectivity index (χ1n) is 4.42. The SMILES string of the molecule is CC=CC(=O)NCCNCCC. The molecule has 2 N–H and O–H groups in total. The Balaban J connectivity index is 3.14. The highest BCUT2D eigenvalue weighted by atomic mass is 16.1. The minimum atomic E-state index is -0.0178. The van der Waals surface area contributed by atoms with Gasteiger partial charge in [0.25, 0.3) is 0 Å². The summed E-state index contributed by atoms with van der Waals surface area (Å²) in [5.41, 5.74) is 0. The number of allylic oxidation sites excluding steroid dienone is 1. The second-order valence-electron chi connectivity index (χ2n) is 2.54. The van der Waals surface area contributed by atoms with Crippen LogP contribution in [-0.4, -0.2) is 25.5 Å². The highest BCUT2D eigenvalue weighted by Gasteiger charge is 1.91. The summed E-state index contributed by atoms with van der Waals surface area (Å²) in [6, 6.07) is 0. The van der Waals surface area contributed by atoms with Gasteiger partial charge in [-0.15, -0.1) is 0 Å². The van der Waals surface area contributed by atoms with Gasteiger partial charge in [-0.1, -0.05) is 13.0 Å². The van der Waals surface area contributed by atoms with E-state index in [9.17, 15) is 4.79 Å². The maximum Gasteiger partial charge on any atom is 0.243 e. The number of carbonyl (C=O) groups is 1. The zero-order chi connectivity index (χ0) is 9.23. The molecule has 0 aromatic carbocycles. The van der Waals surface area contributed by atoms with Gasteiger partial charge in [0.15, 0.2) is 0 Å². The maximum absolute atomic E-state index is 10.9. The molecule has 0 saturated carbocycles. The van der Waals surface area contributed by atoms with Crippen LogP contribution in [0, 0.1) is 0 Å². The van der Waals surface area contributed by atoms with E-state index in [1.54, 1.807) is 6.08 Å². The quantitative estimate of drug-likeness (QED) is 0.454. The lowest BCUT2D eigenvalue weighted by atomic mass is 10.4. The van der Waals surface area contributed by atoms with E-state index in [4.69, 9.17) is 0 Å². The zero-order valence-corrected chi connectivity index (χ0v) is 7.89. The molecule has 0 rings (SSSR count). The van der Waals surface area contributed by atoms with E-state index < -0.39 is 0 Å². The van der Waals surface area contributed by atoms with Gasteiger partial charge >= 0.3 is 0 Å². The number of carbonyl (C=O) groups excluding carboxylic acids is 1. The third-order valence-electron chi connectivity index (χ3n) is 1.35. The fourth-order valence-corrected chi connectivity index (χ4v) is 0.786. The lowest BCUT2D eigenvalue weighted by molar-refractivity contribution is -0.116. The van der Waals surface area contributed by atoms with E-state index in [0.717, 1.165) is 19.5 Å². The molecule has 1 amide bonds. The molecule has 0 spiro atoms. The summed E-state index contributed by atoms with van der Waals surface area (Å²) in [5.74, 6) is -0.0178. The normalized spacial score (nSPS) is 10.5. The summed E-state index contributed by atoms with van der Waals surface area (Å²) in [6.45, 7) is 6.50. The lowest BCUT2D eigenvalue weighted by Gasteiger charge is -2.02. The van der Waals surface area contributed by atoms with Crippen molar-refractivity contribution in [3.05, 3.63) is 12.2 Å². The van der Waals surface area contributed by atoms with Crippen molar-refractivity contribution in [1.82, 2.24) is 10.6 Å².